The highest BCUT2D eigenvalue weighted by molar-refractivity contribution is 5.75. The number of benzene rings is 1. The van der Waals surface area contributed by atoms with Gasteiger partial charge in [0, 0.05) is 42.1 Å². The Morgan fingerprint density at radius 3 is 2.48 bits per heavy atom. The molecule has 0 radical (unpaired) electrons. The van der Waals surface area contributed by atoms with Crippen LogP contribution in [-0.4, -0.2) is 37.6 Å². The number of aryl methyl sites for hydroxylation is 1. The van der Waals surface area contributed by atoms with Crippen molar-refractivity contribution in [1.29, 1.82) is 0 Å². The number of rotatable bonds is 3. The topological polar surface area (TPSA) is 99.7 Å². The number of imidazole rings is 1. The molecule has 0 atom stereocenters. The van der Waals surface area contributed by atoms with Crippen molar-refractivity contribution in [3.8, 4) is 11.4 Å². The lowest BCUT2D eigenvalue weighted by Crippen LogP contribution is -2.37. The van der Waals surface area contributed by atoms with Gasteiger partial charge in [-0.1, -0.05) is 12.1 Å². The third-order valence-corrected chi connectivity index (χ3v) is 6.19. The molecule has 8 heteroatoms. The molecular formula is C23H24N6O2. The van der Waals surface area contributed by atoms with Crippen LogP contribution < -0.4 is 16.1 Å². The first-order chi connectivity index (χ1) is 15.0. The molecule has 0 saturated carbocycles. The second-order valence-electron chi connectivity index (χ2n) is 8.07. The van der Waals surface area contributed by atoms with Gasteiger partial charge in [-0.25, -0.2) is 14.8 Å². The predicted octanol–water partition coefficient (Wildman–Crippen LogP) is 2.93. The predicted molar refractivity (Wildman–Crippen MR) is 121 cm³/mol. The third kappa shape index (κ3) is 3.43. The number of hydrogen-bond donors (Lipinski definition) is 2. The maximum Gasteiger partial charge on any atom is 0.326 e. The van der Waals surface area contributed by atoms with Crippen LogP contribution in [0.1, 0.15) is 30.1 Å². The van der Waals surface area contributed by atoms with Crippen molar-refractivity contribution in [1.82, 2.24) is 24.5 Å². The fraction of sp³-hybridized carbons (Fsp3) is 0.304. The van der Waals surface area contributed by atoms with Crippen molar-refractivity contribution in [2.24, 2.45) is 0 Å². The van der Waals surface area contributed by atoms with Gasteiger partial charge in [0.15, 0.2) is 0 Å². The summed E-state index contributed by atoms with van der Waals surface area (Å²) >= 11 is 0. The fourth-order valence-corrected chi connectivity index (χ4v) is 4.28. The van der Waals surface area contributed by atoms with Crippen molar-refractivity contribution in [2.45, 2.75) is 32.7 Å². The number of piperidine rings is 1. The third-order valence-electron chi connectivity index (χ3n) is 6.19. The van der Waals surface area contributed by atoms with Crippen LogP contribution in [-0.2, 0) is 0 Å². The van der Waals surface area contributed by atoms with Gasteiger partial charge in [0.1, 0.15) is 11.6 Å². The molecule has 0 aliphatic carbocycles. The zero-order valence-corrected chi connectivity index (χ0v) is 17.6. The second-order valence-corrected chi connectivity index (χ2v) is 8.07. The lowest BCUT2D eigenvalue weighted by atomic mass is 10.0. The largest absolute Gasteiger partial charge is 0.356 e. The van der Waals surface area contributed by atoms with E-state index in [1.54, 1.807) is 13.1 Å². The number of pyridine rings is 1. The normalized spacial score (nSPS) is 15.0. The van der Waals surface area contributed by atoms with Crippen molar-refractivity contribution in [3.05, 3.63) is 74.7 Å². The van der Waals surface area contributed by atoms with E-state index in [0.717, 1.165) is 54.0 Å². The Hall–Kier alpha value is -3.68. The van der Waals surface area contributed by atoms with Crippen LogP contribution in [0.3, 0.4) is 0 Å². The molecule has 158 valence electrons. The summed E-state index contributed by atoms with van der Waals surface area (Å²) in [6.45, 7) is 5.24. The van der Waals surface area contributed by atoms with Crippen molar-refractivity contribution < 1.29 is 0 Å². The van der Waals surface area contributed by atoms with Gasteiger partial charge in [0.05, 0.1) is 11.0 Å². The van der Waals surface area contributed by atoms with Gasteiger partial charge < -0.3 is 14.9 Å². The van der Waals surface area contributed by atoms with E-state index in [1.165, 1.54) is 0 Å². The molecule has 1 aromatic carbocycles. The van der Waals surface area contributed by atoms with E-state index in [9.17, 15) is 9.59 Å². The summed E-state index contributed by atoms with van der Waals surface area (Å²) in [6, 6.07) is 11.9. The SMILES string of the molecule is Cc1nc(-c2ccc(N3CCC(n4c(=O)[nH]c5ccccc54)CC3)nc2)[nH]c(=O)c1C. The number of anilines is 1. The molecule has 1 aliphatic rings. The van der Waals surface area contributed by atoms with Crippen molar-refractivity contribution in [3.63, 3.8) is 0 Å². The average Bonchev–Trinajstić information content (AvgIpc) is 3.13. The van der Waals surface area contributed by atoms with Crippen LogP contribution in [0.5, 0.6) is 0 Å². The minimum Gasteiger partial charge on any atom is -0.356 e. The zero-order valence-electron chi connectivity index (χ0n) is 17.6. The Balaban J connectivity index is 1.32. The molecule has 0 bridgehead atoms. The first-order valence-electron chi connectivity index (χ1n) is 10.5. The molecule has 5 rings (SSSR count). The number of fused-ring (bicyclic) bond motifs is 1. The summed E-state index contributed by atoms with van der Waals surface area (Å²) in [4.78, 5) is 41.6. The summed E-state index contributed by atoms with van der Waals surface area (Å²) in [5, 5.41) is 0. The number of aromatic amines is 2. The van der Waals surface area contributed by atoms with E-state index in [2.05, 4.69) is 24.8 Å². The quantitative estimate of drug-likeness (QED) is 0.535. The Labute approximate surface area is 178 Å². The first kappa shape index (κ1) is 19.3. The maximum atomic E-state index is 12.5. The van der Waals surface area contributed by atoms with Crippen LogP contribution in [0.15, 0.2) is 52.2 Å². The van der Waals surface area contributed by atoms with Gasteiger partial charge >= 0.3 is 5.69 Å². The molecule has 3 aromatic heterocycles. The molecule has 0 amide bonds. The lowest BCUT2D eigenvalue weighted by molar-refractivity contribution is 0.395. The van der Waals surface area contributed by atoms with Crippen LogP contribution in [0.25, 0.3) is 22.4 Å². The Morgan fingerprint density at radius 2 is 1.77 bits per heavy atom. The van der Waals surface area contributed by atoms with E-state index in [-0.39, 0.29) is 17.3 Å². The summed E-state index contributed by atoms with van der Waals surface area (Å²) in [7, 11) is 0. The van der Waals surface area contributed by atoms with Crippen LogP contribution in [0.4, 0.5) is 5.82 Å². The molecule has 31 heavy (non-hydrogen) atoms. The van der Waals surface area contributed by atoms with E-state index in [0.29, 0.717) is 11.4 Å². The summed E-state index contributed by atoms with van der Waals surface area (Å²) in [5.41, 5.74) is 3.80. The Morgan fingerprint density at radius 1 is 1.00 bits per heavy atom. The molecule has 1 saturated heterocycles. The molecule has 4 aromatic rings. The van der Waals surface area contributed by atoms with Gasteiger partial charge in [-0.15, -0.1) is 0 Å². The number of H-pyrrole nitrogens is 2. The monoisotopic (exact) mass is 416 g/mol. The summed E-state index contributed by atoms with van der Waals surface area (Å²) in [5.74, 6) is 1.42. The smallest absolute Gasteiger partial charge is 0.326 e. The van der Waals surface area contributed by atoms with Gasteiger partial charge in [0.25, 0.3) is 5.56 Å². The average molecular weight is 416 g/mol. The van der Waals surface area contributed by atoms with Gasteiger partial charge in [0.2, 0.25) is 0 Å². The van der Waals surface area contributed by atoms with E-state index >= 15 is 0 Å². The molecule has 4 heterocycles. The van der Waals surface area contributed by atoms with Crippen LogP contribution >= 0.6 is 0 Å². The Bertz CT molecular complexity index is 1360. The number of aromatic nitrogens is 5. The van der Waals surface area contributed by atoms with Crippen LogP contribution in [0.2, 0.25) is 0 Å². The standard InChI is InChI=1S/C23H24N6O2/c1-14-15(2)25-21(27-22(14)30)16-7-8-20(24-13-16)28-11-9-17(10-12-28)29-19-6-4-3-5-18(19)26-23(29)31/h3-8,13,17H,9-12H2,1-2H3,(H,26,31)(H,25,27,30). The lowest BCUT2D eigenvalue weighted by Gasteiger charge is -2.33. The molecule has 2 N–H and O–H groups in total. The number of nitrogens with one attached hydrogen (secondary N) is 2. The van der Waals surface area contributed by atoms with Crippen molar-refractivity contribution in [2.75, 3.05) is 18.0 Å². The van der Waals surface area contributed by atoms with Gasteiger partial charge in [-0.2, -0.15) is 0 Å². The van der Waals surface area contributed by atoms with Crippen molar-refractivity contribution >= 4 is 16.9 Å². The van der Waals surface area contributed by atoms with Gasteiger partial charge in [-0.3, -0.25) is 9.36 Å². The highest BCUT2D eigenvalue weighted by atomic mass is 16.1. The maximum absolute atomic E-state index is 12.5. The van der Waals surface area contributed by atoms with E-state index in [4.69, 9.17) is 0 Å². The summed E-state index contributed by atoms with van der Waals surface area (Å²) < 4.78 is 1.89. The fourth-order valence-electron chi connectivity index (χ4n) is 4.28. The number of nitrogens with zero attached hydrogens (tertiary/aromatic N) is 4. The molecule has 0 spiro atoms. The molecule has 0 unspecified atom stereocenters. The van der Waals surface area contributed by atoms with E-state index < -0.39 is 0 Å². The second kappa shape index (κ2) is 7.54. The minimum atomic E-state index is -0.124. The summed E-state index contributed by atoms with van der Waals surface area (Å²) in [6.07, 6.45) is 3.49. The molecule has 1 aliphatic heterocycles. The minimum absolute atomic E-state index is 0.0444. The number of para-hydroxylation sites is 2. The first-order valence-corrected chi connectivity index (χ1v) is 10.5. The highest BCUT2D eigenvalue weighted by Crippen LogP contribution is 2.27. The zero-order chi connectivity index (χ0) is 21.5. The molecule has 8 nitrogen and oxygen atoms in total. The van der Waals surface area contributed by atoms with E-state index in [1.807, 2.05) is 47.9 Å². The highest BCUT2D eigenvalue weighted by Gasteiger charge is 2.24. The van der Waals surface area contributed by atoms with Gasteiger partial charge in [-0.05, 0) is 51.0 Å². The molecular weight excluding hydrogens is 392 g/mol. The van der Waals surface area contributed by atoms with Crippen LogP contribution in [0, 0.1) is 13.8 Å². The molecule has 1 fully saturated rings. The Kier molecular flexibility index (Phi) is 4.69. The number of hydrogen-bond acceptors (Lipinski definition) is 5.